The molecule has 0 radical (unpaired) electrons. The van der Waals surface area contributed by atoms with Crippen molar-refractivity contribution in [2.24, 2.45) is 0 Å². The van der Waals surface area contributed by atoms with Crippen LogP contribution in [-0.4, -0.2) is 11.8 Å². The maximum absolute atomic E-state index is 12.2. The van der Waals surface area contributed by atoms with E-state index in [4.69, 9.17) is 16.3 Å². The first-order valence-corrected chi connectivity index (χ1v) is 9.01. The Morgan fingerprint density at radius 3 is 2.18 bits per heavy atom. The van der Waals surface area contributed by atoms with E-state index in [9.17, 15) is 9.59 Å². The predicted octanol–water partition coefficient (Wildman–Crippen LogP) is 5.85. The van der Waals surface area contributed by atoms with Crippen molar-refractivity contribution in [2.45, 2.75) is 0 Å². The number of carbonyl (C=O) groups is 2. The summed E-state index contributed by atoms with van der Waals surface area (Å²) in [6, 6.07) is 23.1. The number of ether oxygens (including phenoxy) is 1. The molecule has 0 aliphatic rings. The van der Waals surface area contributed by atoms with Crippen LogP contribution in [0.15, 0.2) is 91.0 Å². The van der Waals surface area contributed by atoms with Crippen molar-refractivity contribution < 1.29 is 14.3 Å². The molecular formula is C24H17ClO3. The number of ketones is 1. The molecule has 28 heavy (non-hydrogen) atoms. The third kappa shape index (κ3) is 5.79. The quantitative estimate of drug-likeness (QED) is 0.230. The molecule has 3 aromatic rings. The lowest BCUT2D eigenvalue weighted by Gasteiger charge is -2.02. The highest BCUT2D eigenvalue weighted by atomic mass is 35.5. The number of hydrogen-bond donors (Lipinski definition) is 0. The highest BCUT2D eigenvalue weighted by molar-refractivity contribution is 6.30. The van der Waals surface area contributed by atoms with E-state index in [2.05, 4.69) is 0 Å². The van der Waals surface area contributed by atoms with Gasteiger partial charge in [-0.05, 0) is 59.7 Å². The standard InChI is InChI=1S/C24H17ClO3/c25-21-13-11-20(12-14-21)23(26)15-9-19-7-4-8-22(17-19)28-24(27)16-10-18-5-2-1-3-6-18/h1-17H/b15-9+,16-10+. The van der Waals surface area contributed by atoms with Crippen LogP contribution in [0.4, 0.5) is 0 Å². The fourth-order valence-electron chi connectivity index (χ4n) is 2.44. The van der Waals surface area contributed by atoms with Crippen LogP contribution in [0.1, 0.15) is 21.5 Å². The SMILES string of the molecule is O=C(/C=C/c1ccccc1)Oc1cccc(/C=C/C(=O)c2ccc(Cl)cc2)c1. The van der Waals surface area contributed by atoms with Crippen molar-refractivity contribution in [3.63, 3.8) is 0 Å². The van der Waals surface area contributed by atoms with Crippen molar-refractivity contribution in [2.75, 3.05) is 0 Å². The van der Waals surface area contributed by atoms with Gasteiger partial charge in [-0.3, -0.25) is 4.79 Å². The molecule has 0 heterocycles. The Morgan fingerprint density at radius 1 is 0.750 bits per heavy atom. The maximum Gasteiger partial charge on any atom is 0.336 e. The second-order valence-electron chi connectivity index (χ2n) is 5.94. The van der Waals surface area contributed by atoms with Crippen LogP contribution in [-0.2, 0) is 4.79 Å². The number of rotatable bonds is 6. The molecule has 138 valence electrons. The molecule has 3 nitrogen and oxygen atoms in total. The summed E-state index contributed by atoms with van der Waals surface area (Å²) >= 11 is 5.83. The Balaban J connectivity index is 1.63. The monoisotopic (exact) mass is 388 g/mol. The van der Waals surface area contributed by atoms with E-state index in [1.165, 1.54) is 12.2 Å². The van der Waals surface area contributed by atoms with Crippen LogP contribution in [0.5, 0.6) is 5.75 Å². The number of allylic oxidation sites excluding steroid dienone is 1. The molecule has 3 aromatic carbocycles. The molecule has 0 amide bonds. The van der Waals surface area contributed by atoms with E-state index >= 15 is 0 Å². The van der Waals surface area contributed by atoms with Gasteiger partial charge in [-0.1, -0.05) is 60.1 Å². The Bertz CT molecular complexity index is 1020. The van der Waals surface area contributed by atoms with Gasteiger partial charge < -0.3 is 4.74 Å². The Morgan fingerprint density at radius 2 is 1.43 bits per heavy atom. The van der Waals surface area contributed by atoms with Crippen LogP contribution in [0.25, 0.3) is 12.2 Å². The summed E-state index contributed by atoms with van der Waals surface area (Å²) in [5.41, 5.74) is 2.21. The zero-order valence-electron chi connectivity index (χ0n) is 14.9. The molecule has 0 unspecified atom stereocenters. The summed E-state index contributed by atoms with van der Waals surface area (Å²) in [7, 11) is 0. The van der Waals surface area contributed by atoms with Gasteiger partial charge in [-0.15, -0.1) is 0 Å². The lowest BCUT2D eigenvalue weighted by molar-refractivity contribution is -0.128. The second-order valence-corrected chi connectivity index (χ2v) is 6.38. The van der Waals surface area contributed by atoms with Gasteiger partial charge in [0.2, 0.25) is 0 Å². The van der Waals surface area contributed by atoms with Gasteiger partial charge in [0.15, 0.2) is 5.78 Å². The molecule has 0 N–H and O–H groups in total. The molecule has 0 aliphatic heterocycles. The van der Waals surface area contributed by atoms with Crippen LogP contribution >= 0.6 is 11.6 Å². The van der Waals surface area contributed by atoms with Crippen LogP contribution in [0.3, 0.4) is 0 Å². The minimum absolute atomic E-state index is 0.134. The number of esters is 1. The zero-order chi connectivity index (χ0) is 19.8. The lowest BCUT2D eigenvalue weighted by Crippen LogP contribution is -2.03. The van der Waals surface area contributed by atoms with Gasteiger partial charge >= 0.3 is 5.97 Å². The van der Waals surface area contributed by atoms with Gasteiger partial charge in [0, 0.05) is 16.7 Å². The van der Waals surface area contributed by atoms with Gasteiger partial charge in [-0.25, -0.2) is 4.79 Å². The smallest absolute Gasteiger partial charge is 0.336 e. The van der Waals surface area contributed by atoms with Crippen molar-refractivity contribution >= 4 is 35.5 Å². The second kappa shape index (κ2) is 9.49. The third-order valence-corrected chi connectivity index (χ3v) is 4.10. The molecule has 3 rings (SSSR count). The predicted molar refractivity (Wildman–Crippen MR) is 112 cm³/mol. The van der Waals surface area contributed by atoms with Gasteiger partial charge in [0.05, 0.1) is 0 Å². The number of hydrogen-bond acceptors (Lipinski definition) is 3. The first kappa shape index (κ1) is 19.3. The van der Waals surface area contributed by atoms with E-state index in [0.29, 0.717) is 16.3 Å². The summed E-state index contributed by atoms with van der Waals surface area (Å²) in [5.74, 6) is -0.198. The molecule has 4 heteroatoms. The molecule has 0 bridgehead atoms. The Hall–Kier alpha value is -3.43. The van der Waals surface area contributed by atoms with Crippen molar-refractivity contribution in [1.29, 1.82) is 0 Å². The molecule has 0 atom stereocenters. The molecule has 0 spiro atoms. The molecule has 0 aliphatic carbocycles. The van der Waals surface area contributed by atoms with E-state index in [0.717, 1.165) is 11.1 Å². The van der Waals surface area contributed by atoms with Crippen molar-refractivity contribution in [3.05, 3.63) is 113 Å². The summed E-state index contributed by atoms with van der Waals surface area (Å²) in [4.78, 5) is 24.2. The minimum atomic E-state index is -0.470. The summed E-state index contributed by atoms with van der Waals surface area (Å²) in [6.07, 6.45) is 6.21. The summed E-state index contributed by atoms with van der Waals surface area (Å²) in [5, 5.41) is 0.580. The van der Waals surface area contributed by atoms with E-state index < -0.39 is 5.97 Å². The highest BCUT2D eigenvalue weighted by Crippen LogP contribution is 2.16. The molecule has 0 saturated carbocycles. The highest BCUT2D eigenvalue weighted by Gasteiger charge is 2.03. The fraction of sp³-hybridized carbons (Fsp3) is 0. The number of halogens is 1. The fourth-order valence-corrected chi connectivity index (χ4v) is 2.57. The molecule has 0 saturated heterocycles. The normalized spacial score (nSPS) is 11.0. The average molecular weight is 389 g/mol. The van der Waals surface area contributed by atoms with Gasteiger partial charge in [-0.2, -0.15) is 0 Å². The third-order valence-electron chi connectivity index (χ3n) is 3.84. The minimum Gasteiger partial charge on any atom is -0.423 e. The van der Waals surface area contributed by atoms with Crippen molar-refractivity contribution in [1.82, 2.24) is 0 Å². The van der Waals surface area contributed by atoms with Crippen LogP contribution < -0.4 is 4.74 Å². The van der Waals surface area contributed by atoms with Gasteiger partial charge in [0.25, 0.3) is 0 Å². The topological polar surface area (TPSA) is 43.4 Å². The van der Waals surface area contributed by atoms with Crippen molar-refractivity contribution in [3.8, 4) is 5.75 Å². The van der Waals surface area contributed by atoms with Crippen LogP contribution in [0, 0.1) is 0 Å². The molecular weight excluding hydrogens is 372 g/mol. The van der Waals surface area contributed by atoms with E-state index in [1.807, 2.05) is 36.4 Å². The number of benzene rings is 3. The zero-order valence-corrected chi connectivity index (χ0v) is 15.7. The lowest BCUT2D eigenvalue weighted by atomic mass is 10.1. The first-order chi connectivity index (χ1) is 13.6. The average Bonchev–Trinajstić information content (AvgIpc) is 2.72. The van der Waals surface area contributed by atoms with E-state index in [-0.39, 0.29) is 5.78 Å². The Kier molecular flexibility index (Phi) is 6.55. The summed E-state index contributed by atoms with van der Waals surface area (Å²) < 4.78 is 5.32. The largest absolute Gasteiger partial charge is 0.423 e. The first-order valence-electron chi connectivity index (χ1n) is 8.63. The number of carbonyl (C=O) groups excluding carboxylic acids is 2. The maximum atomic E-state index is 12.2. The van der Waals surface area contributed by atoms with E-state index in [1.54, 1.807) is 54.6 Å². The molecule has 0 aromatic heterocycles. The van der Waals surface area contributed by atoms with Crippen LogP contribution in [0.2, 0.25) is 5.02 Å². The molecule has 0 fully saturated rings. The Labute approximate surface area is 168 Å². The van der Waals surface area contributed by atoms with Gasteiger partial charge in [0.1, 0.15) is 5.75 Å². The summed E-state index contributed by atoms with van der Waals surface area (Å²) in [6.45, 7) is 0.